The summed E-state index contributed by atoms with van der Waals surface area (Å²) in [5.41, 5.74) is 6.56. The number of piperidine rings is 1. The number of hydrogen-bond acceptors (Lipinski definition) is 5. The fraction of sp³-hybridized carbons (Fsp3) is 0.650. The van der Waals surface area contributed by atoms with E-state index in [4.69, 9.17) is 10.5 Å². The molecule has 0 aliphatic carbocycles. The van der Waals surface area contributed by atoms with E-state index in [2.05, 4.69) is 10.2 Å². The molecular weight excluding hydrogens is 330 g/mol. The van der Waals surface area contributed by atoms with Gasteiger partial charge in [0.2, 0.25) is 5.91 Å². The lowest BCUT2D eigenvalue weighted by Crippen LogP contribution is -2.42. The standard InChI is InChI=1S/C20H31N3O3/c21-12-17-6-7-19(26-17)20(25)22-13-15-8-10-23(11-9-15)14-18(24)16-4-2-1-3-5-16/h1-5,15,17-19,24H,6-14,21H2,(H,22,25)/t17-,18?,19+/m1/s1. The second-order valence-corrected chi connectivity index (χ2v) is 7.48. The first-order chi connectivity index (χ1) is 12.7. The van der Waals surface area contributed by atoms with Crippen molar-refractivity contribution in [3.63, 3.8) is 0 Å². The largest absolute Gasteiger partial charge is 0.387 e. The minimum Gasteiger partial charge on any atom is -0.387 e. The molecule has 1 aromatic carbocycles. The average molecular weight is 361 g/mol. The van der Waals surface area contributed by atoms with Gasteiger partial charge < -0.3 is 25.8 Å². The fourth-order valence-electron chi connectivity index (χ4n) is 3.83. The molecule has 3 atom stereocenters. The summed E-state index contributed by atoms with van der Waals surface area (Å²) in [5, 5.41) is 13.4. The molecule has 3 rings (SSSR count). The first-order valence-corrected chi connectivity index (χ1v) is 9.74. The number of amides is 1. The maximum atomic E-state index is 12.2. The van der Waals surface area contributed by atoms with Gasteiger partial charge in [-0.1, -0.05) is 30.3 Å². The molecule has 4 N–H and O–H groups in total. The summed E-state index contributed by atoms with van der Waals surface area (Å²) in [5.74, 6) is 0.499. The number of ether oxygens (including phenoxy) is 1. The zero-order valence-corrected chi connectivity index (χ0v) is 15.3. The highest BCUT2D eigenvalue weighted by Crippen LogP contribution is 2.21. The SMILES string of the molecule is NC[C@H]1CC[C@@H](C(=O)NCC2CCN(CC(O)c3ccccc3)CC2)O1. The van der Waals surface area contributed by atoms with Crippen LogP contribution in [-0.4, -0.2) is 60.8 Å². The molecule has 2 fully saturated rings. The van der Waals surface area contributed by atoms with Crippen molar-refractivity contribution in [3.8, 4) is 0 Å². The molecule has 0 bridgehead atoms. The third kappa shape index (κ3) is 5.27. The van der Waals surface area contributed by atoms with E-state index >= 15 is 0 Å². The minimum atomic E-state index is -0.442. The molecule has 0 saturated carbocycles. The summed E-state index contributed by atoms with van der Waals surface area (Å²) in [6, 6.07) is 9.80. The zero-order chi connectivity index (χ0) is 18.4. The third-order valence-electron chi connectivity index (χ3n) is 5.55. The number of nitrogens with one attached hydrogen (secondary N) is 1. The van der Waals surface area contributed by atoms with Gasteiger partial charge in [0.25, 0.3) is 0 Å². The molecule has 2 saturated heterocycles. The van der Waals surface area contributed by atoms with Crippen molar-refractivity contribution >= 4 is 5.91 Å². The zero-order valence-electron chi connectivity index (χ0n) is 15.3. The van der Waals surface area contributed by atoms with Crippen molar-refractivity contribution in [2.45, 2.75) is 44.0 Å². The second-order valence-electron chi connectivity index (χ2n) is 7.48. The van der Waals surface area contributed by atoms with Gasteiger partial charge in [0.1, 0.15) is 6.10 Å². The molecule has 2 aliphatic heterocycles. The first kappa shape index (κ1) is 19.3. The second kappa shape index (κ2) is 9.46. The number of carbonyl (C=O) groups excluding carboxylic acids is 1. The Kier molecular flexibility index (Phi) is 7.02. The van der Waals surface area contributed by atoms with E-state index in [0.29, 0.717) is 25.6 Å². The Bertz CT molecular complexity index is 561. The number of aliphatic hydroxyl groups excluding tert-OH is 1. The molecule has 0 aromatic heterocycles. The van der Waals surface area contributed by atoms with Crippen LogP contribution in [0.2, 0.25) is 0 Å². The summed E-state index contributed by atoms with van der Waals surface area (Å²) in [4.78, 5) is 14.5. The monoisotopic (exact) mass is 361 g/mol. The molecule has 1 amide bonds. The van der Waals surface area contributed by atoms with Gasteiger partial charge in [-0.15, -0.1) is 0 Å². The van der Waals surface area contributed by atoms with E-state index in [9.17, 15) is 9.90 Å². The van der Waals surface area contributed by atoms with Crippen LogP contribution in [-0.2, 0) is 9.53 Å². The molecule has 6 nitrogen and oxygen atoms in total. The molecule has 1 aromatic rings. The van der Waals surface area contributed by atoms with Crippen LogP contribution >= 0.6 is 0 Å². The van der Waals surface area contributed by atoms with Crippen LogP contribution in [0.25, 0.3) is 0 Å². The summed E-state index contributed by atoms with van der Waals surface area (Å²) in [6.07, 6.45) is 2.98. The van der Waals surface area contributed by atoms with Crippen LogP contribution in [0.15, 0.2) is 30.3 Å². The quantitative estimate of drug-likeness (QED) is 0.676. The number of aliphatic hydroxyl groups is 1. The van der Waals surface area contributed by atoms with Crippen molar-refractivity contribution in [1.82, 2.24) is 10.2 Å². The van der Waals surface area contributed by atoms with Gasteiger partial charge in [0, 0.05) is 19.6 Å². The Labute approximate surface area is 155 Å². The number of benzene rings is 1. The van der Waals surface area contributed by atoms with Crippen molar-refractivity contribution in [2.24, 2.45) is 11.7 Å². The van der Waals surface area contributed by atoms with Crippen molar-refractivity contribution in [1.29, 1.82) is 0 Å². The highest BCUT2D eigenvalue weighted by atomic mass is 16.5. The average Bonchev–Trinajstić information content (AvgIpc) is 3.17. The van der Waals surface area contributed by atoms with E-state index in [1.807, 2.05) is 30.3 Å². The van der Waals surface area contributed by atoms with Crippen LogP contribution in [0.4, 0.5) is 0 Å². The van der Waals surface area contributed by atoms with Crippen LogP contribution in [0, 0.1) is 5.92 Å². The molecule has 144 valence electrons. The molecule has 26 heavy (non-hydrogen) atoms. The van der Waals surface area contributed by atoms with E-state index in [1.54, 1.807) is 0 Å². The van der Waals surface area contributed by atoms with Crippen LogP contribution < -0.4 is 11.1 Å². The Morgan fingerprint density at radius 2 is 1.96 bits per heavy atom. The van der Waals surface area contributed by atoms with Crippen molar-refractivity contribution < 1.29 is 14.6 Å². The Morgan fingerprint density at radius 1 is 1.23 bits per heavy atom. The van der Waals surface area contributed by atoms with Crippen LogP contribution in [0.1, 0.15) is 37.4 Å². The predicted octanol–water partition coefficient (Wildman–Crippen LogP) is 1.05. The van der Waals surface area contributed by atoms with E-state index in [1.165, 1.54) is 0 Å². The molecule has 0 radical (unpaired) electrons. The third-order valence-corrected chi connectivity index (χ3v) is 5.55. The van der Waals surface area contributed by atoms with Gasteiger partial charge in [-0.2, -0.15) is 0 Å². The first-order valence-electron chi connectivity index (χ1n) is 9.74. The molecule has 1 unspecified atom stereocenters. The summed E-state index contributed by atoms with van der Waals surface area (Å²) < 4.78 is 5.64. The maximum Gasteiger partial charge on any atom is 0.249 e. The Balaban J connectivity index is 1.34. The van der Waals surface area contributed by atoms with Crippen LogP contribution in [0.3, 0.4) is 0 Å². The number of β-amino-alcohol motifs (C(OH)–C–C–N with tert-alkyl or cyclic N) is 1. The number of rotatable bonds is 7. The topological polar surface area (TPSA) is 87.8 Å². The van der Waals surface area contributed by atoms with Gasteiger partial charge in [0.05, 0.1) is 12.2 Å². The number of hydrogen-bond donors (Lipinski definition) is 3. The Morgan fingerprint density at radius 3 is 2.62 bits per heavy atom. The van der Waals surface area contributed by atoms with Gasteiger partial charge in [0.15, 0.2) is 0 Å². The van der Waals surface area contributed by atoms with Gasteiger partial charge in [-0.3, -0.25) is 4.79 Å². The maximum absolute atomic E-state index is 12.2. The van der Waals surface area contributed by atoms with Crippen molar-refractivity contribution in [3.05, 3.63) is 35.9 Å². The van der Waals surface area contributed by atoms with E-state index in [-0.39, 0.29) is 18.1 Å². The van der Waals surface area contributed by atoms with E-state index in [0.717, 1.165) is 44.3 Å². The summed E-state index contributed by atoms with van der Waals surface area (Å²) >= 11 is 0. The number of nitrogens with two attached hydrogens (primary N) is 1. The lowest BCUT2D eigenvalue weighted by Gasteiger charge is -2.33. The number of nitrogens with zero attached hydrogens (tertiary/aromatic N) is 1. The number of carbonyl (C=O) groups is 1. The van der Waals surface area contributed by atoms with Gasteiger partial charge >= 0.3 is 0 Å². The highest BCUT2D eigenvalue weighted by molar-refractivity contribution is 5.81. The smallest absolute Gasteiger partial charge is 0.249 e. The normalized spacial score (nSPS) is 25.9. The predicted molar refractivity (Wildman–Crippen MR) is 101 cm³/mol. The molecule has 6 heteroatoms. The highest BCUT2D eigenvalue weighted by Gasteiger charge is 2.30. The lowest BCUT2D eigenvalue weighted by atomic mass is 9.96. The van der Waals surface area contributed by atoms with Gasteiger partial charge in [-0.05, 0) is 50.3 Å². The lowest BCUT2D eigenvalue weighted by molar-refractivity contribution is -0.132. The summed E-state index contributed by atoms with van der Waals surface area (Å²) in [6.45, 7) is 3.77. The summed E-state index contributed by atoms with van der Waals surface area (Å²) in [7, 11) is 0. The Hall–Kier alpha value is -1.47. The fourth-order valence-corrected chi connectivity index (χ4v) is 3.83. The molecule has 2 aliphatic rings. The van der Waals surface area contributed by atoms with Crippen molar-refractivity contribution in [2.75, 3.05) is 32.7 Å². The molecular formula is C20H31N3O3. The number of likely N-dealkylation sites (tertiary alicyclic amines) is 1. The van der Waals surface area contributed by atoms with E-state index < -0.39 is 6.10 Å². The molecule has 2 heterocycles. The van der Waals surface area contributed by atoms with Gasteiger partial charge in [-0.25, -0.2) is 0 Å². The minimum absolute atomic E-state index is 0.00267. The van der Waals surface area contributed by atoms with Crippen LogP contribution in [0.5, 0.6) is 0 Å². The molecule has 0 spiro atoms.